The Bertz CT molecular complexity index is 1310. The van der Waals surface area contributed by atoms with Crippen molar-refractivity contribution in [3.63, 3.8) is 0 Å². The van der Waals surface area contributed by atoms with Crippen LogP contribution < -0.4 is 4.72 Å². The van der Waals surface area contributed by atoms with Crippen LogP contribution in [0.3, 0.4) is 0 Å². The fourth-order valence-corrected chi connectivity index (χ4v) is 5.06. The molecule has 6 nitrogen and oxygen atoms in total. The Balaban J connectivity index is 0.00000361. The van der Waals surface area contributed by atoms with Gasteiger partial charge in [-0.25, -0.2) is 12.8 Å². The molecule has 1 amide bonds. The van der Waals surface area contributed by atoms with Crippen molar-refractivity contribution in [3.8, 4) is 0 Å². The van der Waals surface area contributed by atoms with Crippen molar-refractivity contribution in [2.75, 3.05) is 37.4 Å². The third-order valence-corrected chi connectivity index (χ3v) is 7.42. The molecule has 0 unspecified atom stereocenters. The first-order chi connectivity index (χ1) is 16.8. The van der Waals surface area contributed by atoms with Gasteiger partial charge in [0.25, 0.3) is 15.9 Å². The Hall–Kier alpha value is -2.91. The molecule has 10 heteroatoms. The van der Waals surface area contributed by atoms with Crippen molar-refractivity contribution >= 4 is 51.7 Å². The average Bonchev–Trinajstić information content (AvgIpc) is 2.86. The average molecular weight is 550 g/mol. The number of nitrogens with one attached hydrogen (secondary N) is 1. The lowest BCUT2D eigenvalue weighted by molar-refractivity contribution is 0.0650. The van der Waals surface area contributed by atoms with E-state index in [1.165, 1.54) is 30.3 Å². The van der Waals surface area contributed by atoms with Crippen molar-refractivity contribution in [1.82, 2.24) is 9.80 Å². The number of benzene rings is 3. The number of sulfonamides is 1. The lowest BCUT2D eigenvalue weighted by Crippen LogP contribution is -2.48. The quantitative estimate of drug-likeness (QED) is 0.441. The van der Waals surface area contributed by atoms with E-state index >= 15 is 0 Å². The minimum absolute atomic E-state index is 0. The first-order valence-corrected chi connectivity index (χ1v) is 13.0. The zero-order valence-corrected chi connectivity index (χ0v) is 21.7. The van der Waals surface area contributed by atoms with Gasteiger partial charge in [0, 0.05) is 38.4 Å². The molecule has 0 radical (unpaired) electrons. The molecule has 0 atom stereocenters. The zero-order chi connectivity index (χ0) is 24.8. The molecule has 3 aromatic rings. The number of rotatable bonds is 7. The van der Waals surface area contributed by atoms with Crippen LogP contribution in [0.2, 0.25) is 5.02 Å². The topological polar surface area (TPSA) is 69.7 Å². The van der Waals surface area contributed by atoms with Crippen molar-refractivity contribution in [1.29, 1.82) is 0 Å². The predicted molar refractivity (Wildman–Crippen MR) is 144 cm³/mol. The Kier molecular flexibility index (Phi) is 9.50. The predicted octanol–water partition coefficient (Wildman–Crippen LogP) is 5.17. The summed E-state index contributed by atoms with van der Waals surface area (Å²) in [6.07, 6.45) is 4.18. The second-order valence-electron chi connectivity index (χ2n) is 8.16. The highest BCUT2D eigenvalue weighted by Gasteiger charge is 2.25. The van der Waals surface area contributed by atoms with Crippen LogP contribution in [0.5, 0.6) is 0 Å². The highest BCUT2D eigenvalue weighted by atomic mass is 35.5. The first kappa shape index (κ1) is 27.7. The summed E-state index contributed by atoms with van der Waals surface area (Å²) in [5.41, 5.74) is 1.48. The summed E-state index contributed by atoms with van der Waals surface area (Å²) < 4.78 is 41.1. The van der Waals surface area contributed by atoms with Crippen LogP contribution in [0.4, 0.5) is 10.1 Å². The van der Waals surface area contributed by atoms with E-state index in [-0.39, 0.29) is 39.5 Å². The van der Waals surface area contributed by atoms with Crippen LogP contribution in [-0.2, 0) is 10.0 Å². The number of anilines is 1. The maximum absolute atomic E-state index is 13.2. The Morgan fingerprint density at radius 3 is 2.31 bits per heavy atom. The van der Waals surface area contributed by atoms with Gasteiger partial charge in [0.05, 0.1) is 15.5 Å². The first-order valence-electron chi connectivity index (χ1n) is 11.1. The molecule has 4 rings (SSSR count). The molecule has 1 aliphatic rings. The van der Waals surface area contributed by atoms with Gasteiger partial charge < -0.3 is 4.90 Å². The Morgan fingerprint density at radius 1 is 0.972 bits per heavy atom. The minimum Gasteiger partial charge on any atom is -0.336 e. The van der Waals surface area contributed by atoms with Crippen LogP contribution in [0.1, 0.15) is 15.9 Å². The zero-order valence-electron chi connectivity index (χ0n) is 19.3. The van der Waals surface area contributed by atoms with E-state index in [1.807, 2.05) is 30.3 Å². The third kappa shape index (κ3) is 7.07. The lowest BCUT2D eigenvalue weighted by atomic mass is 10.1. The molecule has 1 aliphatic heterocycles. The second kappa shape index (κ2) is 12.4. The molecule has 190 valence electrons. The number of halogens is 3. The molecule has 0 aromatic heterocycles. The van der Waals surface area contributed by atoms with Gasteiger partial charge in [0.2, 0.25) is 0 Å². The molecular formula is C26H26Cl2FN3O3S. The lowest BCUT2D eigenvalue weighted by Gasteiger charge is -2.34. The number of hydrogen-bond donors (Lipinski definition) is 1. The van der Waals surface area contributed by atoms with E-state index in [9.17, 15) is 17.6 Å². The van der Waals surface area contributed by atoms with E-state index < -0.39 is 15.8 Å². The van der Waals surface area contributed by atoms with Gasteiger partial charge >= 0.3 is 0 Å². The fraction of sp³-hybridized carbons (Fsp3) is 0.192. The molecule has 1 saturated heterocycles. The number of piperazine rings is 1. The number of carbonyl (C=O) groups is 1. The van der Waals surface area contributed by atoms with Crippen molar-refractivity contribution < 1.29 is 17.6 Å². The summed E-state index contributed by atoms with van der Waals surface area (Å²) >= 11 is 6.27. The Morgan fingerprint density at radius 2 is 1.64 bits per heavy atom. The van der Waals surface area contributed by atoms with Crippen molar-refractivity contribution in [2.24, 2.45) is 0 Å². The molecule has 1 N–H and O–H groups in total. The standard InChI is InChI=1S/C26H25ClFN3O3S.ClH/c27-25-13-12-23(35(33,34)29-22-10-8-21(28)9-11-22)19-24(25)26(32)31-17-15-30(16-18-31)14-4-7-20-5-2-1-3-6-20;/h1-13,19,29H,14-18H2;1H/b7-4+;. The molecule has 0 spiro atoms. The van der Waals surface area contributed by atoms with Crippen LogP contribution in [-0.4, -0.2) is 56.8 Å². The summed E-state index contributed by atoms with van der Waals surface area (Å²) in [4.78, 5) is 17.0. The largest absolute Gasteiger partial charge is 0.336 e. The van der Waals surface area contributed by atoms with E-state index in [4.69, 9.17) is 11.6 Å². The highest BCUT2D eigenvalue weighted by Crippen LogP contribution is 2.24. The fourth-order valence-electron chi connectivity index (χ4n) is 3.77. The summed E-state index contributed by atoms with van der Waals surface area (Å²) in [6, 6.07) is 19.0. The molecule has 3 aromatic carbocycles. The molecule has 36 heavy (non-hydrogen) atoms. The van der Waals surface area contributed by atoms with Crippen LogP contribution in [0.25, 0.3) is 6.08 Å². The molecule has 0 saturated carbocycles. The maximum atomic E-state index is 13.2. The number of amides is 1. The normalized spacial score (nSPS) is 14.4. The number of nitrogens with zero attached hydrogens (tertiary/aromatic N) is 2. The van der Waals surface area contributed by atoms with E-state index in [1.54, 1.807) is 4.90 Å². The molecule has 1 fully saturated rings. The van der Waals surface area contributed by atoms with Gasteiger partial charge in [-0.3, -0.25) is 14.4 Å². The van der Waals surface area contributed by atoms with Gasteiger partial charge in [0.15, 0.2) is 0 Å². The molecular weight excluding hydrogens is 524 g/mol. The SMILES string of the molecule is Cl.O=C(c1cc(S(=O)(=O)Nc2ccc(F)cc2)ccc1Cl)N1CCN(C/C=C/c2ccccc2)CC1. The van der Waals surface area contributed by atoms with E-state index in [0.717, 1.165) is 24.2 Å². The van der Waals surface area contributed by atoms with Gasteiger partial charge in [-0.1, -0.05) is 54.1 Å². The monoisotopic (exact) mass is 549 g/mol. The summed E-state index contributed by atoms with van der Waals surface area (Å²) in [5.74, 6) is -0.784. The van der Waals surface area contributed by atoms with Gasteiger partial charge in [-0.05, 0) is 48.0 Å². The second-order valence-corrected chi connectivity index (χ2v) is 10.2. The van der Waals surface area contributed by atoms with Gasteiger partial charge in [-0.15, -0.1) is 12.4 Å². The minimum atomic E-state index is -3.99. The smallest absolute Gasteiger partial charge is 0.261 e. The Labute approximate surface area is 221 Å². The maximum Gasteiger partial charge on any atom is 0.261 e. The van der Waals surface area contributed by atoms with E-state index in [2.05, 4.69) is 21.8 Å². The molecule has 0 bridgehead atoms. The number of hydrogen-bond acceptors (Lipinski definition) is 4. The third-order valence-electron chi connectivity index (χ3n) is 5.71. The highest BCUT2D eigenvalue weighted by molar-refractivity contribution is 7.92. The molecule has 1 heterocycles. The van der Waals surface area contributed by atoms with Crippen LogP contribution in [0.15, 0.2) is 83.8 Å². The van der Waals surface area contributed by atoms with Crippen molar-refractivity contribution in [3.05, 3.63) is 101 Å². The van der Waals surface area contributed by atoms with Crippen LogP contribution >= 0.6 is 24.0 Å². The summed E-state index contributed by atoms with van der Waals surface area (Å²) in [6.45, 7) is 3.21. The van der Waals surface area contributed by atoms with Crippen molar-refractivity contribution in [2.45, 2.75) is 4.90 Å². The van der Waals surface area contributed by atoms with Gasteiger partial charge in [-0.2, -0.15) is 0 Å². The summed E-state index contributed by atoms with van der Waals surface area (Å²) in [7, 11) is -3.99. The van der Waals surface area contributed by atoms with E-state index in [0.29, 0.717) is 26.2 Å². The summed E-state index contributed by atoms with van der Waals surface area (Å²) in [5, 5.41) is 0.184. The van der Waals surface area contributed by atoms with Crippen LogP contribution in [0, 0.1) is 5.82 Å². The molecule has 0 aliphatic carbocycles. The number of carbonyl (C=O) groups excluding carboxylic acids is 1. The van der Waals surface area contributed by atoms with Gasteiger partial charge in [0.1, 0.15) is 5.82 Å².